The highest BCUT2D eigenvalue weighted by Gasteiger charge is 2.56. The van der Waals surface area contributed by atoms with Gasteiger partial charge in [0.05, 0.1) is 29.6 Å². The highest BCUT2D eigenvalue weighted by molar-refractivity contribution is 9.10. The number of imide groups is 1. The molecule has 4 atom stereocenters. The minimum Gasteiger partial charge on any atom is -0.380 e. The number of carbonyl (C=O) groups is 2. The summed E-state index contributed by atoms with van der Waals surface area (Å²) < 4.78 is 1.73. The maximum absolute atomic E-state index is 12.9. The maximum atomic E-state index is 12.9. The molecule has 1 aromatic carbocycles. The van der Waals surface area contributed by atoms with E-state index >= 15 is 0 Å². The van der Waals surface area contributed by atoms with Gasteiger partial charge in [0.1, 0.15) is 4.47 Å². The second kappa shape index (κ2) is 7.54. The number of hydrogen-bond acceptors (Lipinski definition) is 5. The van der Waals surface area contributed by atoms with Gasteiger partial charge in [-0.3, -0.25) is 19.3 Å². The van der Waals surface area contributed by atoms with Crippen LogP contribution in [0.2, 0.25) is 0 Å². The molecule has 0 saturated heterocycles. The van der Waals surface area contributed by atoms with E-state index in [1.165, 1.54) is 16.0 Å². The summed E-state index contributed by atoms with van der Waals surface area (Å²) in [5.41, 5.74) is 1.63. The van der Waals surface area contributed by atoms with Gasteiger partial charge in [0.25, 0.3) is 17.4 Å². The van der Waals surface area contributed by atoms with Crippen LogP contribution in [-0.4, -0.2) is 39.1 Å². The molecule has 2 amide bonds. The number of nitrogens with zero attached hydrogens (tertiary/aromatic N) is 3. The molecule has 7 nitrogen and oxygen atoms in total. The molecule has 4 aliphatic rings. The lowest BCUT2D eigenvalue weighted by molar-refractivity contribution is -0.105. The van der Waals surface area contributed by atoms with Gasteiger partial charge in [0.15, 0.2) is 0 Å². The molecule has 6 rings (SSSR count). The predicted molar refractivity (Wildman–Crippen MR) is 125 cm³/mol. The van der Waals surface area contributed by atoms with Gasteiger partial charge in [0.2, 0.25) is 0 Å². The molecule has 1 aromatic heterocycles. The number of carbonyl (C=O) groups excluding carboxylic acids is 2. The smallest absolute Gasteiger partial charge is 0.283 e. The Hall–Kier alpha value is -2.48. The number of aromatic nitrogens is 2. The fourth-order valence-corrected chi connectivity index (χ4v) is 6.32. The van der Waals surface area contributed by atoms with Crippen molar-refractivity contribution in [3.05, 3.63) is 56.4 Å². The second-order valence-corrected chi connectivity index (χ2v) is 10.7. The highest BCUT2D eigenvalue weighted by Crippen LogP contribution is 2.61. The van der Waals surface area contributed by atoms with Crippen LogP contribution in [0, 0.1) is 23.2 Å². The van der Waals surface area contributed by atoms with Crippen LogP contribution in [-0.2, 0) is 6.54 Å². The molecule has 8 heteroatoms. The normalized spacial score (nSPS) is 27.8. The van der Waals surface area contributed by atoms with Gasteiger partial charge in [-0.2, -0.15) is 5.10 Å². The first kappa shape index (κ1) is 21.4. The number of anilines is 1. The molecular formula is C24H27BrN4O3. The monoisotopic (exact) mass is 498 g/mol. The highest BCUT2D eigenvalue weighted by atomic mass is 79.9. The Kier molecular flexibility index (Phi) is 5.04. The molecule has 2 bridgehead atoms. The van der Waals surface area contributed by atoms with Gasteiger partial charge in [0, 0.05) is 12.6 Å². The van der Waals surface area contributed by atoms with Gasteiger partial charge >= 0.3 is 0 Å². The Morgan fingerprint density at radius 1 is 1.09 bits per heavy atom. The van der Waals surface area contributed by atoms with E-state index in [1.54, 1.807) is 30.5 Å². The van der Waals surface area contributed by atoms with Crippen molar-refractivity contribution >= 4 is 33.4 Å². The summed E-state index contributed by atoms with van der Waals surface area (Å²) in [6.07, 6.45) is 4.05. The van der Waals surface area contributed by atoms with Crippen LogP contribution in [0.1, 0.15) is 54.3 Å². The van der Waals surface area contributed by atoms with Gasteiger partial charge in [-0.1, -0.05) is 32.9 Å². The maximum Gasteiger partial charge on any atom is 0.283 e. The lowest BCUT2D eigenvalue weighted by atomic mass is 9.45. The van der Waals surface area contributed by atoms with E-state index in [4.69, 9.17) is 0 Å². The van der Waals surface area contributed by atoms with Crippen molar-refractivity contribution in [1.29, 1.82) is 0 Å². The Morgan fingerprint density at radius 2 is 1.75 bits per heavy atom. The molecule has 2 heterocycles. The van der Waals surface area contributed by atoms with Crippen molar-refractivity contribution in [2.24, 2.45) is 23.2 Å². The quantitative estimate of drug-likeness (QED) is 0.634. The molecule has 3 saturated carbocycles. The number of benzene rings is 1. The number of halogens is 1. The Bertz CT molecular complexity index is 1140. The molecule has 1 N–H and O–H groups in total. The Balaban J connectivity index is 1.28. The molecule has 0 spiro atoms. The zero-order chi connectivity index (χ0) is 22.8. The van der Waals surface area contributed by atoms with Crippen molar-refractivity contribution in [2.45, 2.75) is 46.2 Å². The number of nitrogens with one attached hydrogen (secondary N) is 1. The minimum absolute atomic E-state index is 0.0938. The van der Waals surface area contributed by atoms with E-state index in [-0.39, 0.29) is 30.5 Å². The summed E-state index contributed by atoms with van der Waals surface area (Å²) >= 11 is 3.44. The average Bonchev–Trinajstić information content (AvgIpc) is 3.02. The van der Waals surface area contributed by atoms with Crippen LogP contribution in [0.4, 0.5) is 5.69 Å². The lowest BCUT2D eigenvalue weighted by Gasteiger charge is -2.62. The van der Waals surface area contributed by atoms with Crippen LogP contribution < -0.4 is 10.9 Å². The van der Waals surface area contributed by atoms with Crippen LogP contribution in [0.3, 0.4) is 0 Å². The summed E-state index contributed by atoms with van der Waals surface area (Å²) in [5.74, 6) is 1.28. The first-order valence-electron chi connectivity index (χ1n) is 11.2. The molecule has 2 aromatic rings. The van der Waals surface area contributed by atoms with Gasteiger partial charge < -0.3 is 5.32 Å². The molecule has 0 radical (unpaired) electrons. The second-order valence-electron chi connectivity index (χ2n) is 9.91. The van der Waals surface area contributed by atoms with Crippen molar-refractivity contribution in [3.8, 4) is 0 Å². The summed E-state index contributed by atoms with van der Waals surface area (Å²) in [4.78, 5) is 39.2. The molecule has 168 valence electrons. The number of rotatable bonds is 5. The summed E-state index contributed by atoms with van der Waals surface area (Å²) in [5, 5.41) is 7.86. The van der Waals surface area contributed by atoms with E-state index in [0.29, 0.717) is 50.5 Å². The molecule has 3 aliphatic carbocycles. The average molecular weight is 499 g/mol. The SMILES string of the molecule is C[C@H]1[C@H](Nc2cnn(CCN3C(=O)c4ccccc4C3=O)c(=O)c2Br)C[C@H]2C[C@@H]1C2(C)C. The summed E-state index contributed by atoms with van der Waals surface area (Å²) in [7, 11) is 0. The zero-order valence-corrected chi connectivity index (χ0v) is 20.1. The van der Waals surface area contributed by atoms with E-state index in [2.05, 4.69) is 47.1 Å². The number of hydrogen-bond donors (Lipinski definition) is 1. The van der Waals surface area contributed by atoms with Crippen molar-refractivity contribution in [1.82, 2.24) is 14.7 Å². The first-order chi connectivity index (χ1) is 15.2. The van der Waals surface area contributed by atoms with Crippen LogP contribution in [0.25, 0.3) is 0 Å². The standard InChI is InChI=1S/C24H27BrN4O3/c1-13-17-10-14(24(17,2)3)11-18(13)27-19-12-26-29(23(32)20(19)25)9-8-28-21(30)15-6-4-5-7-16(15)22(28)31/h4-7,12-14,17-18,27H,8-11H2,1-3H3/t13-,14-,17+,18-/m1/s1. The first-order valence-corrected chi connectivity index (χ1v) is 12.0. The van der Waals surface area contributed by atoms with Crippen molar-refractivity contribution in [3.63, 3.8) is 0 Å². The third-order valence-electron chi connectivity index (χ3n) is 8.09. The zero-order valence-electron chi connectivity index (χ0n) is 18.5. The van der Waals surface area contributed by atoms with Crippen molar-refractivity contribution < 1.29 is 9.59 Å². The van der Waals surface area contributed by atoms with Gasteiger partial charge in [-0.15, -0.1) is 0 Å². The summed E-state index contributed by atoms with van der Waals surface area (Å²) in [6, 6.07) is 7.08. The van der Waals surface area contributed by atoms with Gasteiger partial charge in [-0.05, 0) is 64.1 Å². The molecule has 1 aliphatic heterocycles. The minimum atomic E-state index is -0.330. The van der Waals surface area contributed by atoms with E-state index in [9.17, 15) is 14.4 Å². The Morgan fingerprint density at radius 3 is 2.34 bits per heavy atom. The fourth-order valence-electron chi connectivity index (χ4n) is 5.90. The van der Waals surface area contributed by atoms with E-state index < -0.39 is 0 Å². The molecule has 3 fully saturated rings. The number of fused-ring (bicyclic) bond motifs is 3. The Labute approximate surface area is 195 Å². The lowest BCUT2D eigenvalue weighted by Crippen LogP contribution is -2.58. The molecule has 0 unspecified atom stereocenters. The molecular weight excluding hydrogens is 472 g/mol. The summed E-state index contributed by atoms with van der Waals surface area (Å²) in [6.45, 7) is 7.26. The van der Waals surface area contributed by atoms with Gasteiger partial charge in [-0.25, -0.2) is 4.68 Å². The molecule has 32 heavy (non-hydrogen) atoms. The van der Waals surface area contributed by atoms with Crippen LogP contribution in [0.15, 0.2) is 39.7 Å². The van der Waals surface area contributed by atoms with Crippen LogP contribution in [0.5, 0.6) is 0 Å². The van der Waals surface area contributed by atoms with Crippen LogP contribution >= 0.6 is 15.9 Å². The third kappa shape index (κ3) is 3.14. The third-order valence-corrected chi connectivity index (χ3v) is 8.86. The fraction of sp³-hybridized carbons (Fsp3) is 0.500. The largest absolute Gasteiger partial charge is 0.380 e. The predicted octanol–water partition coefficient (Wildman–Crippen LogP) is 3.78. The van der Waals surface area contributed by atoms with E-state index in [1.807, 2.05) is 0 Å². The topological polar surface area (TPSA) is 84.3 Å². The number of amides is 2. The van der Waals surface area contributed by atoms with Crippen molar-refractivity contribution in [2.75, 3.05) is 11.9 Å². The van der Waals surface area contributed by atoms with E-state index in [0.717, 1.165) is 6.42 Å².